The van der Waals surface area contributed by atoms with Gasteiger partial charge in [-0.3, -0.25) is 4.79 Å². The number of nitrogens with one attached hydrogen (secondary N) is 1. The lowest BCUT2D eigenvalue weighted by molar-refractivity contribution is -0.122. The summed E-state index contributed by atoms with van der Waals surface area (Å²) in [6.07, 6.45) is 6.86. The molecule has 3 heteroatoms. The Balaban J connectivity index is 1.73. The summed E-state index contributed by atoms with van der Waals surface area (Å²) in [7, 11) is 0. The number of amides is 1. The third-order valence-electron chi connectivity index (χ3n) is 3.93. The average Bonchev–Trinajstić information content (AvgIpc) is 2.89. The van der Waals surface area contributed by atoms with Crippen LogP contribution in [0, 0.1) is 0 Å². The lowest BCUT2D eigenvalue weighted by Gasteiger charge is -2.27. The maximum Gasteiger partial charge on any atom is 0.220 e. The quantitative estimate of drug-likeness (QED) is 0.791. The van der Waals surface area contributed by atoms with Gasteiger partial charge in [-0.05, 0) is 31.2 Å². The van der Waals surface area contributed by atoms with E-state index in [0.717, 1.165) is 25.7 Å². The van der Waals surface area contributed by atoms with Crippen LogP contribution < -0.4 is 5.32 Å². The largest absolute Gasteiger partial charge is 0.349 e. The predicted octanol–water partition coefficient (Wildman–Crippen LogP) is 3.68. The number of benzene rings is 1. The van der Waals surface area contributed by atoms with Crippen LogP contribution in [0.25, 0.3) is 0 Å². The van der Waals surface area contributed by atoms with Crippen LogP contribution in [-0.4, -0.2) is 17.3 Å². The lowest BCUT2D eigenvalue weighted by Crippen LogP contribution is -2.47. The number of carbonyl (C=O) groups excluding carboxylic acids is 1. The summed E-state index contributed by atoms with van der Waals surface area (Å²) in [5, 5.41) is 3.16. The van der Waals surface area contributed by atoms with Crippen molar-refractivity contribution < 1.29 is 4.79 Å². The van der Waals surface area contributed by atoms with E-state index in [1.807, 2.05) is 18.2 Å². The first kappa shape index (κ1) is 14.4. The van der Waals surface area contributed by atoms with E-state index in [-0.39, 0.29) is 11.4 Å². The number of rotatable bonds is 6. The number of carbonyl (C=O) groups is 1. The van der Waals surface area contributed by atoms with Gasteiger partial charge in [-0.15, -0.1) is 11.6 Å². The van der Waals surface area contributed by atoms with Gasteiger partial charge >= 0.3 is 0 Å². The molecule has 1 saturated carbocycles. The van der Waals surface area contributed by atoms with Crippen molar-refractivity contribution in [2.45, 2.75) is 50.5 Å². The summed E-state index contributed by atoms with van der Waals surface area (Å²) in [5.74, 6) is 0.690. The highest BCUT2D eigenvalue weighted by Crippen LogP contribution is 2.30. The van der Waals surface area contributed by atoms with E-state index in [1.165, 1.54) is 18.4 Å². The van der Waals surface area contributed by atoms with Gasteiger partial charge in [-0.2, -0.15) is 0 Å². The Bertz CT molecular complexity index is 398. The van der Waals surface area contributed by atoms with Crippen LogP contribution in [0.1, 0.15) is 44.1 Å². The van der Waals surface area contributed by atoms with Crippen molar-refractivity contribution in [2.75, 3.05) is 5.88 Å². The molecule has 0 spiro atoms. The molecule has 0 aliphatic heterocycles. The molecule has 2 nitrogen and oxygen atoms in total. The van der Waals surface area contributed by atoms with Crippen molar-refractivity contribution >= 4 is 17.5 Å². The molecule has 1 aromatic rings. The monoisotopic (exact) mass is 279 g/mol. The standard InChI is InChI=1S/C16H22ClNO/c17-13-16(11-4-5-12-16)18-15(19)10-6-9-14-7-2-1-3-8-14/h1-3,7-8H,4-6,9-13H2,(H,18,19). The Morgan fingerprint density at radius 2 is 1.89 bits per heavy atom. The zero-order chi connectivity index (χ0) is 13.6. The van der Waals surface area contributed by atoms with Crippen molar-refractivity contribution in [3.8, 4) is 0 Å². The molecule has 0 bridgehead atoms. The highest BCUT2D eigenvalue weighted by Gasteiger charge is 2.34. The van der Waals surface area contributed by atoms with Gasteiger partial charge in [-0.25, -0.2) is 0 Å². The van der Waals surface area contributed by atoms with Crippen LogP contribution in [0.15, 0.2) is 30.3 Å². The van der Waals surface area contributed by atoms with E-state index >= 15 is 0 Å². The Kier molecular flexibility index (Phi) is 5.26. The number of alkyl halides is 1. The van der Waals surface area contributed by atoms with E-state index in [4.69, 9.17) is 11.6 Å². The maximum atomic E-state index is 12.0. The Labute approximate surface area is 120 Å². The second kappa shape index (κ2) is 6.95. The number of hydrogen-bond donors (Lipinski definition) is 1. The van der Waals surface area contributed by atoms with Gasteiger partial charge in [0.25, 0.3) is 0 Å². The predicted molar refractivity (Wildman–Crippen MR) is 79.4 cm³/mol. The van der Waals surface area contributed by atoms with Gasteiger partial charge in [-0.1, -0.05) is 43.2 Å². The van der Waals surface area contributed by atoms with Gasteiger partial charge in [0.05, 0.1) is 5.54 Å². The van der Waals surface area contributed by atoms with Gasteiger partial charge in [0.15, 0.2) is 0 Å². The molecule has 1 amide bonds. The molecule has 0 radical (unpaired) electrons. The number of hydrogen-bond acceptors (Lipinski definition) is 1. The van der Waals surface area contributed by atoms with Crippen LogP contribution in [-0.2, 0) is 11.2 Å². The fourth-order valence-corrected chi connectivity index (χ4v) is 3.13. The fraction of sp³-hybridized carbons (Fsp3) is 0.562. The second-order valence-electron chi connectivity index (χ2n) is 5.51. The molecule has 1 N–H and O–H groups in total. The van der Waals surface area contributed by atoms with Crippen molar-refractivity contribution in [3.05, 3.63) is 35.9 Å². The third kappa shape index (κ3) is 4.24. The molecule has 1 aliphatic carbocycles. The third-order valence-corrected chi connectivity index (χ3v) is 4.44. The van der Waals surface area contributed by atoms with Crippen LogP contribution >= 0.6 is 11.6 Å². The fourth-order valence-electron chi connectivity index (χ4n) is 2.80. The normalized spacial score (nSPS) is 17.3. The maximum absolute atomic E-state index is 12.0. The highest BCUT2D eigenvalue weighted by atomic mass is 35.5. The van der Waals surface area contributed by atoms with E-state index in [2.05, 4.69) is 17.4 Å². The van der Waals surface area contributed by atoms with Crippen LogP contribution in [0.3, 0.4) is 0 Å². The smallest absolute Gasteiger partial charge is 0.220 e. The molecule has 1 fully saturated rings. The molecule has 0 heterocycles. The minimum Gasteiger partial charge on any atom is -0.349 e. The molecule has 1 aliphatic rings. The molecule has 104 valence electrons. The van der Waals surface area contributed by atoms with Crippen molar-refractivity contribution in [1.29, 1.82) is 0 Å². The Morgan fingerprint density at radius 1 is 1.21 bits per heavy atom. The SMILES string of the molecule is O=C(CCCc1ccccc1)NC1(CCl)CCCC1. The summed E-state index contributed by atoms with van der Waals surface area (Å²) in [5.41, 5.74) is 1.17. The molecular weight excluding hydrogens is 258 g/mol. The molecule has 0 atom stereocenters. The van der Waals surface area contributed by atoms with Crippen molar-refractivity contribution in [3.63, 3.8) is 0 Å². The first-order valence-electron chi connectivity index (χ1n) is 7.15. The summed E-state index contributed by atoms with van der Waals surface area (Å²) in [4.78, 5) is 12.0. The lowest BCUT2D eigenvalue weighted by atomic mass is 9.99. The number of aryl methyl sites for hydroxylation is 1. The van der Waals surface area contributed by atoms with E-state index < -0.39 is 0 Å². The first-order chi connectivity index (χ1) is 9.24. The molecule has 2 rings (SSSR count). The van der Waals surface area contributed by atoms with Crippen molar-refractivity contribution in [2.24, 2.45) is 0 Å². The van der Waals surface area contributed by atoms with Crippen LogP contribution in [0.2, 0.25) is 0 Å². The molecule has 1 aromatic carbocycles. The molecule has 0 saturated heterocycles. The Hall–Kier alpha value is -1.02. The summed E-state index contributed by atoms with van der Waals surface area (Å²) < 4.78 is 0. The second-order valence-corrected chi connectivity index (χ2v) is 5.78. The highest BCUT2D eigenvalue weighted by molar-refractivity contribution is 6.18. The van der Waals surface area contributed by atoms with Gasteiger partial charge in [0, 0.05) is 12.3 Å². The zero-order valence-electron chi connectivity index (χ0n) is 11.3. The molecule has 0 aromatic heterocycles. The summed E-state index contributed by atoms with van der Waals surface area (Å²) in [6.45, 7) is 0. The minimum atomic E-state index is -0.120. The summed E-state index contributed by atoms with van der Waals surface area (Å²) >= 11 is 6.02. The van der Waals surface area contributed by atoms with E-state index in [1.54, 1.807) is 0 Å². The minimum absolute atomic E-state index is 0.120. The van der Waals surface area contributed by atoms with Crippen LogP contribution in [0.5, 0.6) is 0 Å². The topological polar surface area (TPSA) is 29.1 Å². The zero-order valence-corrected chi connectivity index (χ0v) is 12.1. The van der Waals surface area contributed by atoms with E-state index in [0.29, 0.717) is 12.3 Å². The Morgan fingerprint density at radius 3 is 2.53 bits per heavy atom. The van der Waals surface area contributed by atoms with Gasteiger partial charge in [0.2, 0.25) is 5.91 Å². The van der Waals surface area contributed by atoms with E-state index in [9.17, 15) is 4.79 Å². The average molecular weight is 280 g/mol. The van der Waals surface area contributed by atoms with Crippen LogP contribution in [0.4, 0.5) is 0 Å². The molecular formula is C16H22ClNO. The van der Waals surface area contributed by atoms with Gasteiger partial charge < -0.3 is 5.32 Å². The number of halogens is 1. The molecule has 0 unspecified atom stereocenters. The first-order valence-corrected chi connectivity index (χ1v) is 7.68. The summed E-state index contributed by atoms with van der Waals surface area (Å²) in [6, 6.07) is 10.3. The van der Waals surface area contributed by atoms with Crippen molar-refractivity contribution in [1.82, 2.24) is 5.32 Å². The van der Waals surface area contributed by atoms with Gasteiger partial charge in [0.1, 0.15) is 0 Å². The molecule has 19 heavy (non-hydrogen) atoms.